The number of furan rings is 1. The molecule has 2 nitrogen and oxygen atoms in total. The van der Waals surface area contributed by atoms with Gasteiger partial charge in [0.15, 0.2) is 0 Å². The third-order valence-corrected chi connectivity index (χ3v) is 11.9. The van der Waals surface area contributed by atoms with Crippen LogP contribution < -0.4 is 4.90 Å². The van der Waals surface area contributed by atoms with Crippen molar-refractivity contribution < 1.29 is 4.42 Å². The van der Waals surface area contributed by atoms with Crippen LogP contribution in [0.4, 0.5) is 17.1 Å². The lowest BCUT2D eigenvalue weighted by molar-refractivity contribution is 0.660. The van der Waals surface area contributed by atoms with Crippen molar-refractivity contribution in [3.05, 3.63) is 227 Å². The molecule has 0 saturated heterocycles. The van der Waals surface area contributed by atoms with Crippen molar-refractivity contribution >= 4 is 69.4 Å². The zero-order valence-electron chi connectivity index (χ0n) is 33.5. The Morgan fingerprint density at radius 2 is 1.10 bits per heavy atom. The van der Waals surface area contributed by atoms with Crippen LogP contribution in [0.25, 0.3) is 63.4 Å². The molecule has 1 aromatic heterocycles. The van der Waals surface area contributed by atoms with Crippen molar-refractivity contribution in [3.8, 4) is 11.1 Å². The maximum atomic E-state index is 6.32. The average Bonchev–Trinajstić information content (AvgIpc) is 3.78. The van der Waals surface area contributed by atoms with Gasteiger partial charge in [-0.15, -0.1) is 0 Å². The lowest BCUT2D eigenvalue weighted by atomic mass is 9.81. The van der Waals surface area contributed by atoms with Gasteiger partial charge in [-0.2, -0.15) is 0 Å². The number of anilines is 3. The van der Waals surface area contributed by atoms with Crippen molar-refractivity contribution in [1.29, 1.82) is 0 Å². The minimum Gasteiger partial charge on any atom is -0.455 e. The molecular formula is C57H45NO. The number of para-hydroxylation sites is 2. The molecule has 0 atom stereocenters. The first kappa shape index (κ1) is 36.2. The zero-order valence-corrected chi connectivity index (χ0v) is 33.5. The molecule has 1 heterocycles. The summed E-state index contributed by atoms with van der Waals surface area (Å²) in [5.74, 6) is 0. The molecule has 284 valence electrons. The summed E-state index contributed by atoms with van der Waals surface area (Å²) in [5.41, 5.74) is 17.4. The molecule has 0 unspecified atom stereocenters. The van der Waals surface area contributed by atoms with E-state index in [4.69, 9.17) is 4.42 Å². The third kappa shape index (κ3) is 7.08. The SMILES string of the molecule is CC1(C)c2cc(/C=C/c3cccc4c3oc3ccccc34)ccc2-c2ccc(N(c3ccc(/C=C/C4=CC=CCC4)cc3)c3ccc(/C=C/c4ccccc4)cc3)cc21. The van der Waals surface area contributed by atoms with Crippen LogP contribution in [0.15, 0.2) is 192 Å². The Labute approximate surface area is 347 Å². The van der Waals surface area contributed by atoms with Gasteiger partial charge in [-0.05, 0) is 105 Å². The first-order valence-corrected chi connectivity index (χ1v) is 20.6. The van der Waals surface area contributed by atoms with E-state index in [2.05, 4.69) is 219 Å². The summed E-state index contributed by atoms with van der Waals surface area (Å²) in [4.78, 5) is 2.39. The maximum absolute atomic E-state index is 6.32. The van der Waals surface area contributed by atoms with Crippen molar-refractivity contribution in [2.24, 2.45) is 0 Å². The predicted molar refractivity (Wildman–Crippen MR) is 252 cm³/mol. The predicted octanol–water partition coefficient (Wildman–Crippen LogP) is 16.0. The number of allylic oxidation sites excluding steroid dienone is 5. The quantitative estimate of drug-likeness (QED) is 0.136. The van der Waals surface area contributed by atoms with Crippen LogP contribution in [0.3, 0.4) is 0 Å². The maximum Gasteiger partial charge on any atom is 0.142 e. The van der Waals surface area contributed by atoms with Crippen molar-refractivity contribution in [1.82, 2.24) is 0 Å². The van der Waals surface area contributed by atoms with E-state index in [0.29, 0.717) is 0 Å². The highest BCUT2D eigenvalue weighted by Crippen LogP contribution is 2.51. The standard InChI is InChI=1S/C57H45NO/c1-57(2)53-38-44(24-30-45-16-11-18-52-51-17-9-10-19-55(51)59-56(45)52)29-36-49(53)50-37-35-48(39-54(50)57)58(46-31-25-42(26-32-46)22-20-40-12-5-3-6-13-40)47-33-27-43(28-34-47)23-21-41-14-7-4-8-15-41/h3-7,9-14,16-39H,8,15H2,1-2H3/b22-20+,23-21+,30-24+. The molecule has 59 heavy (non-hydrogen) atoms. The second-order valence-electron chi connectivity index (χ2n) is 16.1. The Balaban J connectivity index is 0.977. The average molecular weight is 760 g/mol. The monoisotopic (exact) mass is 759 g/mol. The van der Waals surface area contributed by atoms with Gasteiger partial charge in [0.05, 0.1) is 0 Å². The normalized spacial score (nSPS) is 14.4. The van der Waals surface area contributed by atoms with Gasteiger partial charge in [0.25, 0.3) is 0 Å². The van der Waals surface area contributed by atoms with Gasteiger partial charge in [0, 0.05) is 38.8 Å². The van der Waals surface area contributed by atoms with Crippen LogP contribution >= 0.6 is 0 Å². The van der Waals surface area contributed by atoms with E-state index >= 15 is 0 Å². The van der Waals surface area contributed by atoms with Crippen molar-refractivity contribution in [2.75, 3.05) is 4.90 Å². The highest BCUT2D eigenvalue weighted by Gasteiger charge is 2.36. The van der Waals surface area contributed by atoms with E-state index in [-0.39, 0.29) is 5.41 Å². The Morgan fingerprint density at radius 1 is 0.508 bits per heavy atom. The largest absolute Gasteiger partial charge is 0.455 e. The molecule has 0 aliphatic heterocycles. The van der Waals surface area contributed by atoms with Gasteiger partial charge in [-0.25, -0.2) is 0 Å². The Morgan fingerprint density at radius 3 is 1.83 bits per heavy atom. The number of nitrogens with zero attached hydrogens (tertiary/aromatic N) is 1. The first-order valence-electron chi connectivity index (χ1n) is 20.6. The highest BCUT2D eigenvalue weighted by molar-refractivity contribution is 6.07. The van der Waals surface area contributed by atoms with Gasteiger partial charge in [0.1, 0.15) is 11.2 Å². The molecule has 0 N–H and O–H groups in total. The van der Waals surface area contributed by atoms with Crippen LogP contribution in [-0.2, 0) is 5.41 Å². The molecule has 0 radical (unpaired) electrons. The molecule has 2 heteroatoms. The van der Waals surface area contributed by atoms with Gasteiger partial charge in [-0.1, -0.05) is 184 Å². The molecule has 10 rings (SSSR count). The molecule has 0 bridgehead atoms. The second-order valence-corrected chi connectivity index (χ2v) is 16.1. The molecule has 0 amide bonds. The minimum atomic E-state index is -0.196. The Bertz CT molecular complexity index is 2990. The summed E-state index contributed by atoms with van der Waals surface area (Å²) in [6.07, 6.45) is 22.0. The number of hydrogen-bond acceptors (Lipinski definition) is 2. The summed E-state index contributed by atoms with van der Waals surface area (Å²) in [6.45, 7) is 4.72. The summed E-state index contributed by atoms with van der Waals surface area (Å²) in [6, 6.07) is 56.9. The lowest BCUT2D eigenvalue weighted by Gasteiger charge is -2.28. The van der Waals surface area contributed by atoms with Crippen LogP contribution in [0.1, 0.15) is 65.6 Å². The minimum absolute atomic E-state index is 0.196. The Hall–Kier alpha value is -7.16. The van der Waals surface area contributed by atoms with Crippen LogP contribution in [0, 0.1) is 0 Å². The van der Waals surface area contributed by atoms with Gasteiger partial charge < -0.3 is 9.32 Å². The van der Waals surface area contributed by atoms with Gasteiger partial charge in [-0.3, -0.25) is 0 Å². The molecular weight excluding hydrogens is 715 g/mol. The van der Waals surface area contributed by atoms with Crippen molar-refractivity contribution in [3.63, 3.8) is 0 Å². The van der Waals surface area contributed by atoms with Crippen LogP contribution in [0.5, 0.6) is 0 Å². The zero-order chi connectivity index (χ0) is 39.8. The molecule has 0 fully saturated rings. The lowest BCUT2D eigenvalue weighted by Crippen LogP contribution is -2.16. The van der Waals surface area contributed by atoms with E-state index in [1.807, 2.05) is 12.1 Å². The number of benzene rings is 7. The number of hydrogen-bond donors (Lipinski definition) is 0. The summed E-state index contributed by atoms with van der Waals surface area (Å²) < 4.78 is 6.32. The van der Waals surface area contributed by atoms with E-state index in [1.54, 1.807) is 0 Å². The van der Waals surface area contributed by atoms with Gasteiger partial charge >= 0.3 is 0 Å². The summed E-state index contributed by atoms with van der Waals surface area (Å²) >= 11 is 0. The Kier molecular flexibility index (Phi) is 9.39. The summed E-state index contributed by atoms with van der Waals surface area (Å²) in [5, 5.41) is 2.29. The van der Waals surface area contributed by atoms with Crippen molar-refractivity contribution in [2.45, 2.75) is 32.1 Å². The fourth-order valence-electron chi connectivity index (χ4n) is 8.71. The van der Waals surface area contributed by atoms with Crippen LogP contribution in [0.2, 0.25) is 0 Å². The molecule has 8 aromatic rings. The third-order valence-electron chi connectivity index (χ3n) is 11.9. The van der Waals surface area contributed by atoms with Crippen LogP contribution in [-0.4, -0.2) is 0 Å². The smallest absolute Gasteiger partial charge is 0.142 e. The fourth-order valence-corrected chi connectivity index (χ4v) is 8.71. The first-order chi connectivity index (χ1) is 29.0. The molecule has 0 spiro atoms. The van der Waals surface area contributed by atoms with E-state index in [9.17, 15) is 0 Å². The molecule has 0 saturated carbocycles. The van der Waals surface area contributed by atoms with E-state index < -0.39 is 0 Å². The fraction of sp³-hybridized carbons (Fsp3) is 0.0877. The molecule has 7 aromatic carbocycles. The molecule has 2 aliphatic carbocycles. The van der Waals surface area contributed by atoms with E-state index in [1.165, 1.54) is 44.5 Å². The number of fused-ring (bicyclic) bond motifs is 6. The topological polar surface area (TPSA) is 16.4 Å². The van der Waals surface area contributed by atoms with Gasteiger partial charge in [0.2, 0.25) is 0 Å². The number of rotatable bonds is 9. The molecule has 2 aliphatic rings. The van der Waals surface area contributed by atoms with E-state index in [0.717, 1.165) is 63.0 Å². The highest BCUT2D eigenvalue weighted by atomic mass is 16.3. The summed E-state index contributed by atoms with van der Waals surface area (Å²) in [7, 11) is 0. The second kappa shape index (κ2) is 15.3.